The molecular weight excluding hydrogens is 217 g/mol. The number of hydrogen-bond donors (Lipinski definition) is 1. The summed E-state index contributed by atoms with van der Waals surface area (Å²) in [5.41, 5.74) is 8.31. The van der Waals surface area contributed by atoms with Gasteiger partial charge in [-0.2, -0.15) is 5.10 Å². The number of nitrogens with zero attached hydrogens (tertiary/aromatic N) is 2. The molecule has 90 valence electrons. The zero-order chi connectivity index (χ0) is 12.4. The molecule has 0 fully saturated rings. The van der Waals surface area contributed by atoms with Gasteiger partial charge in [0.1, 0.15) is 5.82 Å². The van der Waals surface area contributed by atoms with Crippen LogP contribution >= 0.6 is 0 Å². The predicted molar refractivity (Wildman–Crippen MR) is 67.1 cm³/mol. The summed E-state index contributed by atoms with van der Waals surface area (Å²) in [7, 11) is 0. The van der Waals surface area contributed by atoms with Crippen LogP contribution in [0.25, 0.3) is 11.1 Å². The van der Waals surface area contributed by atoms with Crippen molar-refractivity contribution in [3.63, 3.8) is 0 Å². The van der Waals surface area contributed by atoms with E-state index in [4.69, 9.17) is 5.73 Å². The van der Waals surface area contributed by atoms with Crippen LogP contribution in [0.1, 0.15) is 19.0 Å². The van der Waals surface area contributed by atoms with Gasteiger partial charge in [-0.15, -0.1) is 0 Å². The molecule has 0 unspecified atom stereocenters. The van der Waals surface area contributed by atoms with Crippen molar-refractivity contribution in [2.45, 2.75) is 26.8 Å². The SMILES string of the molecule is CCCn1cc(-c2ccc(N)c(F)c2)c(C)n1. The number of nitrogen functional groups attached to an aromatic ring is 1. The molecule has 0 aliphatic carbocycles. The molecule has 0 aliphatic rings. The van der Waals surface area contributed by atoms with E-state index in [1.165, 1.54) is 6.07 Å². The first-order chi connectivity index (χ1) is 8.11. The van der Waals surface area contributed by atoms with Gasteiger partial charge in [-0.25, -0.2) is 4.39 Å². The first-order valence-electron chi connectivity index (χ1n) is 5.71. The van der Waals surface area contributed by atoms with E-state index in [2.05, 4.69) is 12.0 Å². The molecule has 0 radical (unpaired) electrons. The zero-order valence-corrected chi connectivity index (χ0v) is 10.1. The van der Waals surface area contributed by atoms with Crippen LogP contribution in [-0.2, 0) is 6.54 Å². The number of anilines is 1. The molecule has 2 aromatic rings. The first-order valence-corrected chi connectivity index (χ1v) is 5.71. The molecule has 0 spiro atoms. The fraction of sp³-hybridized carbons (Fsp3) is 0.308. The Balaban J connectivity index is 2.41. The van der Waals surface area contributed by atoms with Gasteiger partial charge >= 0.3 is 0 Å². The molecule has 1 heterocycles. The van der Waals surface area contributed by atoms with Gasteiger partial charge in [0.25, 0.3) is 0 Å². The van der Waals surface area contributed by atoms with E-state index in [-0.39, 0.29) is 11.5 Å². The number of aryl methyl sites for hydroxylation is 2. The number of hydrogen-bond acceptors (Lipinski definition) is 2. The van der Waals surface area contributed by atoms with Crippen LogP contribution in [0.5, 0.6) is 0 Å². The summed E-state index contributed by atoms with van der Waals surface area (Å²) in [5, 5.41) is 4.39. The van der Waals surface area contributed by atoms with Gasteiger partial charge in [0.2, 0.25) is 0 Å². The molecule has 17 heavy (non-hydrogen) atoms. The molecule has 0 saturated carbocycles. The van der Waals surface area contributed by atoms with Gasteiger partial charge in [-0.1, -0.05) is 13.0 Å². The van der Waals surface area contributed by atoms with Crippen molar-refractivity contribution in [3.8, 4) is 11.1 Å². The van der Waals surface area contributed by atoms with Gasteiger partial charge in [0.05, 0.1) is 11.4 Å². The predicted octanol–water partition coefficient (Wildman–Crippen LogP) is 2.99. The van der Waals surface area contributed by atoms with E-state index in [0.717, 1.165) is 29.8 Å². The van der Waals surface area contributed by atoms with E-state index in [9.17, 15) is 4.39 Å². The lowest BCUT2D eigenvalue weighted by Crippen LogP contribution is -1.96. The van der Waals surface area contributed by atoms with E-state index in [0.29, 0.717) is 0 Å². The third-order valence-electron chi connectivity index (χ3n) is 2.71. The number of benzene rings is 1. The smallest absolute Gasteiger partial charge is 0.146 e. The molecule has 1 aromatic carbocycles. The van der Waals surface area contributed by atoms with Crippen molar-refractivity contribution in [3.05, 3.63) is 35.9 Å². The average molecular weight is 233 g/mol. The van der Waals surface area contributed by atoms with Crippen LogP contribution in [-0.4, -0.2) is 9.78 Å². The van der Waals surface area contributed by atoms with E-state index in [1.807, 2.05) is 23.9 Å². The van der Waals surface area contributed by atoms with Crippen molar-refractivity contribution in [2.75, 3.05) is 5.73 Å². The number of nitrogens with two attached hydrogens (primary N) is 1. The molecular formula is C13H16FN3. The van der Waals surface area contributed by atoms with Gasteiger partial charge in [-0.05, 0) is 31.0 Å². The average Bonchev–Trinajstić information content (AvgIpc) is 2.64. The Bertz CT molecular complexity index is 531. The first kappa shape index (κ1) is 11.6. The zero-order valence-electron chi connectivity index (χ0n) is 10.1. The van der Waals surface area contributed by atoms with Crippen LogP contribution in [0.15, 0.2) is 24.4 Å². The molecule has 3 nitrogen and oxygen atoms in total. The fourth-order valence-electron chi connectivity index (χ4n) is 1.84. The quantitative estimate of drug-likeness (QED) is 0.828. The topological polar surface area (TPSA) is 43.8 Å². The lowest BCUT2D eigenvalue weighted by atomic mass is 10.1. The second kappa shape index (κ2) is 4.57. The summed E-state index contributed by atoms with van der Waals surface area (Å²) in [6.45, 7) is 4.90. The molecule has 0 atom stereocenters. The molecule has 0 bridgehead atoms. The highest BCUT2D eigenvalue weighted by Crippen LogP contribution is 2.25. The molecule has 4 heteroatoms. The Hall–Kier alpha value is -1.84. The maximum absolute atomic E-state index is 13.4. The summed E-state index contributed by atoms with van der Waals surface area (Å²) in [5.74, 6) is -0.384. The Labute approximate surface area is 100 Å². The summed E-state index contributed by atoms with van der Waals surface area (Å²) >= 11 is 0. The van der Waals surface area contributed by atoms with Gasteiger partial charge in [0, 0.05) is 18.3 Å². The Kier molecular flexibility index (Phi) is 3.13. The van der Waals surface area contributed by atoms with Gasteiger partial charge in [0.15, 0.2) is 0 Å². The molecule has 0 aliphatic heterocycles. The summed E-state index contributed by atoms with van der Waals surface area (Å²) in [6.07, 6.45) is 2.97. The minimum absolute atomic E-state index is 0.173. The summed E-state index contributed by atoms with van der Waals surface area (Å²) in [6, 6.07) is 4.86. The third kappa shape index (κ3) is 2.30. The largest absolute Gasteiger partial charge is 0.396 e. The maximum Gasteiger partial charge on any atom is 0.146 e. The molecule has 0 amide bonds. The van der Waals surface area contributed by atoms with E-state index < -0.39 is 0 Å². The lowest BCUT2D eigenvalue weighted by molar-refractivity contribution is 0.598. The van der Waals surface area contributed by atoms with Crippen molar-refractivity contribution in [1.82, 2.24) is 9.78 Å². The molecule has 1 aromatic heterocycles. The highest BCUT2D eigenvalue weighted by molar-refractivity contribution is 5.67. The normalized spacial score (nSPS) is 10.8. The van der Waals surface area contributed by atoms with E-state index in [1.54, 1.807) is 6.07 Å². The van der Waals surface area contributed by atoms with Crippen molar-refractivity contribution < 1.29 is 4.39 Å². The highest BCUT2D eigenvalue weighted by Gasteiger charge is 2.09. The Morgan fingerprint density at radius 3 is 2.82 bits per heavy atom. The number of halogens is 1. The van der Waals surface area contributed by atoms with Crippen LogP contribution in [0.3, 0.4) is 0 Å². The van der Waals surface area contributed by atoms with Crippen molar-refractivity contribution >= 4 is 5.69 Å². The fourth-order valence-corrected chi connectivity index (χ4v) is 1.84. The van der Waals surface area contributed by atoms with Gasteiger partial charge < -0.3 is 5.73 Å². The summed E-state index contributed by atoms with van der Waals surface area (Å²) < 4.78 is 15.3. The minimum atomic E-state index is -0.384. The standard InChI is InChI=1S/C13H16FN3/c1-3-6-17-8-11(9(2)16-17)10-4-5-13(15)12(14)7-10/h4-5,7-8H,3,6,15H2,1-2H3. The highest BCUT2D eigenvalue weighted by atomic mass is 19.1. The van der Waals surface area contributed by atoms with Crippen molar-refractivity contribution in [2.24, 2.45) is 0 Å². The Morgan fingerprint density at radius 2 is 2.18 bits per heavy atom. The Morgan fingerprint density at radius 1 is 1.41 bits per heavy atom. The summed E-state index contributed by atoms with van der Waals surface area (Å²) in [4.78, 5) is 0. The maximum atomic E-state index is 13.4. The molecule has 0 saturated heterocycles. The van der Waals surface area contributed by atoms with Gasteiger partial charge in [-0.3, -0.25) is 4.68 Å². The van der Waals surface area contributed by atoms with E-state index >= 15 is 0 Å². The number of rotatable bonds is 3. The second-order valence-electron chi connectivity index (χ2n) is 4.13. The second-order valence-corrected chi connectivity index (χ2v) is 4.13. The molecule has 2 rings (SSSR count). The minimum Gasteiger partial charge on any atom is -0.396 e. The number of aromatic nitrogens is 2. The van der Waals surface area contributed by atoms with Crippen molar-refractivity contribution in [1.29, 1.82) is 0 Å². The third-order valence-corrected chi connectivity index (χ3v) is 2.71. The van der Waals surface area contributed by atoms with Crippen LogP contribution in [0, 0.1) is 12.7 Å². The monoisotopic (exact) mass is 233 g/mol. The lowest BCUT2D eigenvalue weighted by Gasteiger charge is -2.01. The van der Waals surface area contributed by atoms with Crippen LogP contribution < -0.4 is 5.73 Å². The van der Waals surface area contributed by atoms with Crippen LogP contribution in [0.2, 0.25) is 0 Å². The van der Waals surface area contributed by atoms with Crippen LogP contribution in [0.4, 0.5) is 10.1 Å². The molecule has 2 N–H and O–H groups in total.